The van der Waals surface area contributed by atoms with Gasteiger partial charge in [-0.2, -0.15) is 0 Å². The molecule has 0 saturated carbocycles. The average molecular weight is 307 g/mol. The Morgan fingerprint density at radius 2 is 1.50 bits per heavy atom. The molecular formula is C23H17N. The van der Waals surface area contributed by atoms with Crippen LogP contribution < -0.4 is 0 Å². The van der Waals surface area contributed by atoms with Gasteiger partial charge in [-0.25, -0.2) is 4.98 Å². The van der Waals surface area contributed by atoms with Crippen LogP contribution in [0.3, 0.4) is 0 Å². The van der Waals surface area contributed by atoms with Crippen molar-refractivity contribution in [3.8, 4) is 0 Å². The van der Waals surface area contributed by atoms with Gasteiger partial charge in [0.15, 0.2) is 0 Å². The first kappa shape index (κ1) is 13.5. The maximum atomic E-state index is 5.03. The van der Waals surface area contributed by atoms with Gasteiger partial charge in [0.05, 0.1) is 11.0 Å². The van der Waals surface area contributed by atoms with Crippen LogP contribution in [0.15, 0.2) is 72.8 Å². The van der Waals surface area contributed by atoms with E-state index < -0.39 is 0 Å². The third-order valence-corrected chi connectivity index (χ3v) is 4.99. The maximum Gasteiger partial charge on any atom is 0.0788 e. The van der Waals surface area contributed by atoms with Gasteiger partial charge in [-0.3, -0.25) is 0 Å². The highest BCUT2D eigenvalue weighted by atomic mass is 14.7. The molecule has 0 aliphatic carbocycles. The molecule has 1 aromatic heterocycles. The summed E-state index contributed by atoms with van der Waals surface area (Å²) in [6.45, 7) is 2.22. The van der Waals surface area contributed by atoms with Crippen molar-refractivity contribution in [1.29, 1.82) is 0 Å². The van der Waals surface area contributed by atoms with Gasteiger partial charge in [0, 0.05) is 16.2 Å². The van der Waals surface area contributed by atoms with E-state index >= 15 is 0 Å². The van der Waals surface area contributed by atoms with E-state index in [1.807, 2.05) is 0 Å². The molecule has 5 aromatic rings. The zero-order valence-electron chi connectivity index (χ0n) is 13.6. The Kier molecular flexibility index (Phi) is 2.83. The summed E-state index contributed by atoms with van der Waals surface area (Å²) in [5.41, 5.74) is 3.56. The molecule has 1 heteroatoms. The Bertz CT molecular complexity index is 1230. The molecule has 0 unspecified atom stereocenters. The van der Waals surface area contributed by atoms with E-state index in [1.54, 1.807) is 0 Å². The second-order valence-corrected chi connectivity index (χ2v) is 6.35. The summed E-state index contributed by atoms with van der Waals surface area (Å²) in [5.74, 6) is 0. The Hall–Kier alpha value is -2.93. The fourth-order valence-corrected chi connectivity index (χ4v) is 3.80. The minimum atomic E-state index is 1.03. The van der Waals surface area contributed by atoms with Gasteiger partial charge in [-0.1, -0.05) is 67.6 Å². The summed E-state index contributed by atoms with van der Waals surface area (Å²) >= 11 is 0. The summed E-state index contributed by atoms with van der Waals surface area (Å²) in [6, 6.07) is 26.1. The second kappa shape index (κ2) is 5.04. The number of aryl methyl sites for hydroxylation is 1. The first-order valence-corrected chi connectivity index (χ1v) is 8.48. The van der Waals surface area contributed by atoms with Crippen LogP contribution in [-0.4, -0.2) is 4.98 Å². The Balaban J connectivity index is 2.00. The lowest BCUT2D eigenvalue weighted by atomic mass is 9.97. The molecule has 0 radical (unpaired) electrons. The smallest absolute Gasteiger partial charge is 0.0788 e. The first-order valence-electron chi connectivity index (χ1n) is 8.48. The van der Waals surface area contributed by atoms with E-state index in [0.29, 0.717) is 0 Å². The lowest BCUT2D eigenvalue weighted by Crippen LogP contribution is -1.89. The molecule has 0 aliphatic rings. The molecule has 0 bridgehead atoms. The molecule has 0 N–H and O–H groups in total. The highest BCUT2D eigenvalue weighted by Gasteiger charge is 2.09. The van der Waals surface area contributed by atoms with Crippen molar-refractivity contribution in [2.24, 2.45) is 0 Å². The molecule has 0 fully saturated rings. The number of hydrogen-bond acceptors (Lipinski definition) is 1. The third kappa shape index (κ3) is 1.85. The van der Waals surface area contributed by atoms with Crippen molar-refractivity contribution in [2.45, 2.75) is 13.3 Å². The van der Waals surface area contributed by atoms with Crippen molar-refractivity contribution < 1.29 is 0 Å². The molecule has 1 heterocycles. The van der Waals surface area contributed by atoms with Crippen molar-refractivity contribution in [3.63, 3.8) is 0 Å². The number of aromatic nitrogens is 1. The van der Waals surface area contributed by atoms with Gasteiger partial charge in [0.2, 0.25) is 0 Å². The van der Waals surface area contributed by atoms with Gasteiger partial charge < -0.3 is 0 Å². The van der Waals surface area contributed by atoms with E-state index in [2.05, 4.69) is 79.7 Å². The zero-order chi connectivity index (χ0) is 16.1. The fourth-order valence-electron chi connectivity index (χ4n) is 3.80. The van der Waals surface area contributed by atoms with Crippen LogP contribution in [0.1, 0.15) is 12.5 Å². The first-order chi connectivity index (χ1) is 11.8. The van der Waals surface area contributed by atoms with Crippen LogP contribution >= 0.6 is 0 Å². The number of rotatable bonds is 1. The molecule has 1 nitrogen and oxygen atoms in total. The van der Waals surface area contributed by atoms with Crippen LogP contribution in [0, 0.1) is 0 Å². The van der Waals surface area contributed by atoms with Gasteiger partial charge in [-0.15, -0.1) is 0 Å². The van der Waals surface area contributed by atoms with Crippen LogP contribution in [0.25, 0.3) is 43.4 Å². The second-order valence-electron chi connectivity index (χ2n) is 6.35. The predicted octanol–water partition coefficient (Wildman–Crippen LogP) is 6.26. The minimum Gasteiger partial charge on any atom is -0.247 e. The van der Waals surface area contributed by atoms with E-state index in [-0.39, 0.29) is 0 Å². The number of benzene rings is 4. The summed E-state index contributed by atoms with van der Waals surface area (Å²) < 4.78 is 0. The van der Waals surface area contributed by atoms with Crippen molar-refractivity contribution >= 4 is 43.4 Å². The molecule has 0 atom stereocenters. The third-order valence-electron chi connectivity index (χ3n) is 4.99. The lowest BCUT2D eigenvalue weighted by Gasteiger charge is -2.10. The SMILES string of the molecule is CCc1cccc2ccc3nc4c(ccc5ccccc54)cc3c12. The minimum absolute atomic E-state index is 1.03. The number of fused-ring (bicyclic) bond motifs is 6. The standard InChI is InChI=1S/C23H17N/c1-2-15-7-5-8-17-12-13-21-20(22(15)17)14-18-11-10-16-6-3-4-9-19(16)23(18)24-21/h3-14H,2H2,1H3. The number of hydrogen-bond donors (Lipinski definition) is 0. The highest BCUT2D eigenvalue weighted by Crippen LogP contribution is 2.32. The van der Waals surface area contributed by atoms with E-state index in [4.69, 9.17) is 4.98 Å². The summed E-state index contributed by atoms with van der Waals surface area (Å²) in [4.78, 5) is 5.03. The van der Waals surface area contributed by atoms with Gasteiger partial charge in [0.25, 0.3) is 0 Å². The normalized spacial score (nSPS) is 11.7. The van der Waals surface area contributed by atoms with E-state index in [0.717, 1.165) is 17.5 Å². The summed E-state index contributed by atoms with van der Waals surface area (Å²) in [6.07, 6.45) is 1.03. The highest BCUT2D eigenvalue weighted by molar-refractivity contribution is 6.14. The maximum absolute atomic E-state index is 5.03. The number of nitrogens with zero attached hydrogens (tertiary/aromatic N) is 1. The van der Waals surface area contributed by atoms with Crippen LogP contribution in [0.5, 0.6) is 0 Å². The zero-order valence-corrected chi connectivity index (χ0v) is 13.6. The largest absolute Gasteiger partial charge is 0.247 e. The Morgan fingerprint density at radius 1 is 0.708 bits per heavy atom. The lowest BCUT2D eigenvalue weighted by molar-refractivity contribution is 1.16. The fraction of sp³-hybridized carbons (Fsp3) is 0.0870. The average Bonchev–Trinajstić information content (AvgIpc) is 2.65. The van der Waals surface area contributed by atoms with E-state index in [9.17, 15) is 0 Å². The Labute approximate surface area is 140 Å². The Morgan fingerprint density at radius 3 is 2.42 bits per heavy atom. The molecule has 0 amide bonds. The van der Waals surface area contributed by atoms with Gasteiger partial charge >= 0.3 is 0 Å². The number of pyridine rings is 1. The topological polar surface area (TPSA) is 12.9 Å². The predicted molar refractivity (Wildman–Crippen MR) is 104 cm³/mol. The van der Waals surface area contributed by atoms with Crippen molar-refractivity contribution in [1.82, 2.24) is 4.98 Å². The molecule has 0 saturated heterocycles. The van der Waals surface area contributed by atoms with Crippen LogP contribution in [0.4, 0.5) is 0 Å². The van der Waals surface area contributed by atoms with Crippen molar-refractivity contribution in [2.75, 3.05) is 0 Å². The summed E-state index contributed by atoms with van der Waals surface area (Å²) in [5, 5.41) is 7.57. The van der Waals surface area contributed by atoms with Gasteiger partial charge in [-0.05, 0) is 40.3 Å². The quantitative estimate of drug-likeness (QED) is 0.263. The molecule has 0 aliphatic heterocycles. The van der Waals surface area contributed by atoms with Gasteiger partial charge in [0.1, 0.15) is 0 Å². The molecule has 4 aromatic carbocycles. The molecule has 5 rings (SSSR count). The van der Waals surface area contributed by atoms with Crippen LogP contribution in [0.2, 0.25) is 0 Å². The molecule has 24 heavy (non-hydrogen) atoms. The summed E-state index contributed by atoms with van der Waals surface area (Å²) in [7, 11) is 0. The van der Waals surface area contributed by atoms with Crippen molar-refractivity contribution in [3.05, 3.63) is 78.4 Å². The molecule has 0 spiro atoms. The van der Waals surface area contributed by atoms with Crippen LogP contribution in [-0.2, 0) is 6.42 Å². The molecule has 114 valence electrons. The molecular weight excluding hydrogens is 290 g/mol. The monoisotopic (exact) mass is 307 g/mol. The van der Waals surface area contributed by atoms with E-state index in [1.165, 1.54) is 37.9 Å².